The van der Waals surface area contributed by atoms with E-state index in [1.54, 1.807) is 57.2 Å². The predicted molar refractivity (Wildman–Crippen MR) is 127 cm³/mol. The van der Waals surface area contributed by atoms with Crippen molar-refractivity contribution >= 4 is 39.1 Å². The molecule has 0 saturated carbocycles. The van der Waals surface area contributed by atoms with Crippen molar-refractivity contribution < 1.29 is 22.3 Å². The largest absolute Gasteiger partial charge is 0.479 e. The smallest absolute Gasteiger partial charge is 0.264 e. The van der Waals surface area contributed by atoms with Crippen LogP contribution in [-0.4, -0.2) is 30.9 Å². The van der Waals surface area contributed by atoms with Crippen LogP contribution in [0.25, 0.3) is 0 Å². The van der Waals surface area contributed by atoms with Crippen molar-refractivity contribution in [3.63, 3.8) is 0 Å². The molecule has 0 unspecified atom stereocenters. The monoisotopic (exact) mass is 498 g/mol. The number of carbonyl (C=O) groups is 1. The molecule has 3 rings (SSSR count). The zero-order valence-electron chi connectivity index (χ0n) is 19.2. The summed E-state index contributed by atoms with van der Waals surface area (Å²) < 4.78 is 46.9. The first-order valence-corrected chi connectivity index (χ1v) is 11.9. The number of rotatable bonds is 9. The van der Waals surface area contributed by atoms with Crippen molar-refractivity contribution in [3.8, 4) is 11.8 Å². The predicted octanol–water partition coefficient (Wildman–Crippen LogP) is 3.77. The fourth-order valence-corrected chi connectivity index (χ4v) is 4.19. The van der Waals surface area contributed by atoms with Gasteiger partial charge in [0.05, 0.1) is 11.1 Å². The molecule has 0 aliphatic heterocycles. The first kappa shape index (κ1) is 25.4. The van der Waals surface area contributed by atoms with Crippen LogP contribution in [0, 0.1) is 30.0 Å². The molecular weight excluding hydrogens is 475 g/mol. The summed E-state index contributed by atoms with van der Waals surface area (Å²) in [5.41, 5.74) is 1.27. The van der Waals surface area contributed by atoms with Gasteiger partial charge in [-0.2, -0.15) is 10.2 Å². The number of aromatic nitrogens is 2. The van der Waals surface area contributed by atoms with Crippen LogP contribution < -0.4 is 20.1 Å². The van der Waals surface area contributed by atoms with E-state index in [9.17, 15) is 17.6 Å². The minimum atomic E-state index is -4.10. The zero-order chi connectivity index (χ0) is 25.6. The van der Waals surface area contributed by atoms with E-state index in [-0.39, 0.29) is 23.3 Å². The van der Waals surface area contributed by atoms with Crippen LogP contribution >= 0.6 is 0 Å². The molecule has 0 fully saturated rings. The summed E-state index contributed by atoms with van der Waals surface area (Å²) in [6, 6.07) is 12.9. The van der Waals surface area contributed by atoms with Gasteiger partial charge in [-0.15, -0.1) is 0 Å². The summed E-state index contributed by atoms with van der Waals surface area (Å²) in [5.74, 6) is -1.45. The van der Waals surface area contributed by atoms with Crippen LogP contribution in [0.4, 0.5) is 27.5 Å². The minimum absolute atomic E-state index is 0.0151. The highest BCUT2D eigenvalue weighted by Gasteiger charge is 2.22. The number of nitriles is 1. The topological polar surface area (TPSA) is 146 Å². The van der Waals surface area contributed by atoms with Crippen LogP contribution in [0.3, 0.4) is 0 Å². The van der Waals surface area contributed by atoms with Gasteiger partial charge in [-0.1, -0.05) is 19.9 Å². The van der Waals surface area contributed by atoms with Crippen molar-refractivity contribution in [2.24, 2.45) is 5.92 Å². The summed E-state index contributed by atoms with van der Waals surface area (Å²) >= 11 is 0. The van der Waals surface area contributed by atoms with Gasteiger partial charge in [0, 0.05) is 17.3 Å². The highest BCUT2D eigenvalue weighted by molar-refractivity contribution is 7.90. The van der Waals surface area contributed by atoms with E-state index in [2.05, 4.69) is 25.3 Å². The van der Waals surface area contributed by atoms with Gasteiger partial charge in [0.1, 0.15) is 11.8 Å². The molecule has 0 spiro atoms. The number of amides is 1. The maximum atomic E-state index is 14.3. The molecule has 0 aliphatic carbocycles. The van der Waals surface area contributed by atoms with E-state index in [0.29, 0.717) is 22.7 Å². The lowest BCUT2D eigenvalue weighted by Gasteiger charge is -2.13. The van der Waals surface area contributed by atoms with Crippen LogP contribution in [0.5, 0.6) is 5.75 Å². The normalized spacial score (nSPS) is 11.0. The Hall–Kier alpha value is -4.24. The van der Waals surface area contributed by atoms with Gasteiger partial charge < -0.3 is 15.4 Å². The van der Waals surface area contributed by atoms with Gasteiger partial charge in [-0.05, 0) is 48.9 Å². The molecule has 182 valence electrons. The molecule has 1 heterocycles. The van der Waals surface area contributed by atoms with Crippen LogP contribution in [-0.2, 0) is 14.8 Å². The summed E-state index contributed by atoms with van der Waals surface area (Å²) in [5, 5.41) is 14.2. The summed E-state index contributed by atoms with van der Waals surface area (Å²) in [6.07, 6.45) is 0.969. The Balaban J connectivity index is 1.80. The zero-order valence-corrected chi connectivity index (χ0v) is 20.0. The second-order valence-corrected chi connectivity index (χ2v) is 9.37. The number of benzene rings is 2. The van der Waals surface area contributed by atoms with Crippen molar-refractivity contribution in [2.75, 3.05) is 17.2 Å². The van der Waals surface area contributed by atoms with E-state index in [4.69, 9.17) is 10.00 Å². The number of nitrogens with zero attached hydrogens (tertiary/aromatic N) is 3. The summed E-state index contributed by atoms with van der Waals surface area (Å²) in [4.78, 5) is 19.8. The lowest BCUT2D eigenvalue weighted by atomic mass is 10.2. The van der Waals surface area contributed by atoms with E-state index < -0.39 is 27.7 Å². The van der Waals surface area contributed by atoms with Gasteiger partial charge in [0.25, 0.3) is 10.0 Å². The maximum absolute atomic E-state index is 14.3. The molecule has 1 aromatic heterocycles. The molecule has 3 N–H and O–H groups in total. The van der Waals surface area contributed by atoms with Gasteiger partial charge in [-0.3, -0.25) is 4.79 Å². The van der Waals surface area contributed by atoms with E-state index >= 15 is 0 Å². The van der Waals surface area contributed by atoms with Crippen molar-refractivity contribution in [2.45, 2.75) is 25.7 Å². The number of nitrogens with one attached hydrogen (secondary N) is 3. The average Bonchev–Trinajstić information content (AvgIpc) is 2.81. The molecule has 35 heavy (non-hydrogen) atoms. The molecule has 0 bridgehead atoms. The Morgan fingerprint density at radius 1 is 1.14 bits per heavy atom. The van der Waals surface area contributed by atoms with E-state index in [1.165, 1.54) is 6.07 Å². The first-order chi connectivity index (χ1) is 16.6. The third kappa shape index (κ3) is 6.64. The molecule has 0 atom stereocenters. The standard InChI is InChI=1S/C23H23FN6O4S/c1-14(2)22(31)30-35(32,33)20-12-17(5-4-15(20)3)28-23-26-13-19(24)21(29-23)27-16-6-8-18(9-7-16)34-11-10-25/h4-9,12-14H,11H2,1-3H3,(H,30,31)(H2,26,27,28,29). The summed E-state index contributed by atoms with van der Waals surface area (Å²) in [7, 11) is -4.10. The Morgan fingerprint density at radius 2 is 1.83 bits per heavy atom. The van der Waals surface area contributed by atoms with Crippen molar-refractivity contribution in [3.05, 3.63) is 60.0 Å². The van der Waals surface area contributed by atoms with E-state index in [0.717, 1.165) is 6.20 Å². The fourth-order valence-electron chi connectivity index (χ4n) is 2.80. The average molecular weight is 499 g/mol. The van der Waals surface area contributed by atoms with Crippen LogP contribution in [0.2, 0.25) is 0 Å². The Bertz CT molecular complexity index is 1370. The second-order valence-electron chi connectivity index (χ2n) is 7.72. The molecule has 3 aromatic rings. The van der Waals surface area contributed by atoms with E-state index in [1.807, 2.05) is 6.07 Å². The molecule has 0 saturated heterocycles. The molecule has 2 aromatic carbocycles. The fraction of sp³-hybridized carbons (Fsp3) is 0.217. The number of halogens is 1. The first-order valence-electron chi connectivity index (χ1n) is 10.4. The molecular formula is C23H23FN6O4S. The van der Waals surface area contributed by atoms with Crippen molar-refractivity contribution in [1.82, 2.24) is 14.7 Å². The Labute approximate surface area is 202 Å². The van der Waals surface area contributed by atoms with Crippen LogP contribution in [0.15, 0.2) is 53.6 Å². The number of aryl methyl sites for hydroxylation is 1. The number of anilines is 4. The number of ether oxygens (including phenoxy) is 1. The third-order valence-electron chi connectivity index (χ3n) is 4.66. The molecule has 12 heteroatoms. The second kappa shape index (κ2) is 10.8. The third-order valence-corrected chi connectivity index (χ3v) is 6.15. The van der Waals surface area contributed by atoms with Gasteiger partial charge in [0.15, 0.2) is 18.2 Å². The number of hydrogen-bond acceptors (Lipinski definition) is 9. The molecule has 1 amide bonds. The lowest BCUT2D eigenvalue weighted by molar-refractivity contribution is -0.122. The molecule has 0 aliphatic rings. The maximum Gasteiger partial charge on any atom is 0.264 e. The van der Waals surface area contributed by atoms with Gasteiger partial charge >= 0.3 is 0 Å². The number of carbonyl (C=O) groups excluding carboxylic acids is 1. The molecule has 10 nitrogen and oxygen atoms in total. The number of hydrogen-bond donors (Lipinski definition) is 3. The Kier molecular flexibility index (Phi) is 7.83. The van der Waals surface area contributed by atoms with Gasteiger partial charge in [-0.25, -0.2) is 22.5 Å². The quantitative estimate of drug-likeness (QED) is 0.401. The van der Waals surface area contributed by atoms with Gasteiger partial charge in [0.2, 0.25) is 11.9 Å². The Morgan fingerprint density at radius 3 is 2.49 bits per heavy atom. The minimum Gasteiger partial charge on any atom is -0.479 e. The molecule has 0 radical (unpaired) electrons. The highest BCUT2D eigenvalue weighted by atomic mass is 32.2. The lowest BCUT2D eigenvalue weighted by Crippen LogP contribution is -2.34. The number of sulfonamides is 1. The summed E-state index contributed by atoms with van der Waals surface area (Å²) in [6.45, 7) is 4.69. The van der Waals surface area contributed by atoms with Crippen molar-refractivity contribution in [1.29, 1.82) is 5.26 Å². The highest BCUT2D eigenvalue weighted by Crippen LogP contribution is 2.25. The SMILES string of the molecule is Cc1ccc(Nc2ncc(F)c(Nc3ccc(OCC#N)cc3)n2)cc1S(=O)(=O)NC(=O)C(C)C. The van der Waals surface area contributed by atoms with Crippen LogP contribution in [0.1, 0.15) is 19.4 Å².